The molecular formula is C14H24N4O. The molecule has 1 aromatic rings. The quantitative estimate of drug-likeness (QED) is 0.902. The van der Waals surface area contributed by atoms with E-state index in [9.17, 15) is 0 Å². The van der Waals surface area contributed by atoms with E-state index in [1.54, 1.807) is 6.33 Å². The summed E-state index contributed by atoms with van der Waals surface area (Å²) < 4.78 is 5.59. The number of nitrogens with zero attached hydrogens (tertiary/aromatic N) is 3. The van der Waals surface area contributed by atoms with E-state index < -0.39 is 0 Å². The Labute approximate surface area is 115 Å². The number of morpholine rings is 1. The van der Waals surface area contributed by atoms with Crippen LogP contribution in [0.25, 0.3) is 0 Å². The SMILES string of the molecule is CCCc1c(NC)ncnc1N1CCOCC1(C)C. The molecule has 0 radical (unpaired) electrons. The standard InChI is InChI=1S/C14H24N4O/c1-5-6-11-12(15-4)16-10-17-13(11)18-7-8-19-9-14(18,2)3/h10H,5-9H2,1-4H3,(H,15,16,17). The highest BCUT2D eigenvalue weighted by Crippen LogP contribution is 2.31. The van der Waals surface area contributed by atoms with Crippen LogP contribution in [0.2, 0.25) is 0 Å². The Kier molecular flexibility index (Phi) is 4.24. The fourth-order valence-corrected chi connectivity index (χ4v) is 2.58. The van der Waals surface area contributed by atoms with E-state index in [1.165, 1.54) is 5.56 Å². The molecule has 1 saturated heterocycles. The van der Waals surface area contributed by atoms with Crippen LogP contribution in [0.15, 0.2) is 6.33 Å². The van der Waals surface area contributed by atoms with Crippen molar-refractivity contribution < 1.29 is 4.74 Å². The van der Waals surface area contributed by atoms with Crippen molar-refractivity contribution in [2.75, 3.05) is 37.0 Å². The molecule has 2 rings (SSSR count). The summed E-state index contributed by atoms with van der Waals surface area (Å²) >= 11 is 0. The molecule has 1 N–H and O–H groups in total. The van der Waals surface area contributed by atoms with E-state index in [0.717, 1.165) is 44.2 Å². The zero-order chi connectivity index (χ0) is 13.9. The molecule has 0 aromatic carbocycles. The lowest BCUT2D eigenvalue weighted by molar-refractivity contribution is 0.0638. The van der Waals surface area contributed by atoms with Gasteiger partial charge in [0.1, 0.15) is 18.0 Å². The molecule has 1 aromatic heterocycles. The van der Waals surface area contributed by atoms with E-state index in [0.29, 0.717) is 0 Å². The largest absolute Gasteiger partial charge is 0.377 e. The van der Waals surface area contributed by atoms with Gasteiger partial charge in [-0.25, -0.2) is 9.97 Å². The number of hydrogen-bond donors (Lipinski definition) is 1. The van der Waals surface area contributed by atoms with E-state index >= 15 is 0 Å². The minimum Gasteiger partial charge on any atom is -0.377 e. The third-order valence-electron chi connectivity index (χ3n) is 3.56. The highest BCUT2D eigenvalue weighted by Gasteiger charge is 2.33. The second-order valence-electron chi connectivity index (χ2n) is 5.54. The average molecular weight is 264 g/mol. The van der Waals surface area contributed by atoms with Crippen LogP contribution in [0.3, 0.4) is 0 Å². The second-order valence-corrected chi connectivity index (χ2v) is 5.54. The summed E-state index contributed by atoms with van der Waals surface area (Å²) in [6.07, 6.45) is 3.71. The molecule has 0 amide bonds. The topological polar surface area (TPSA) is 50.3 Å². The van der Waals surface area contributed by atoms with Gasteiger partial charge in [0.15, 0.2) is 0 Å². The van der Waals surface area contributed by atoms with Gasteiger partial charge in [-0.1, -0.05) is 13.3 Å². The number of aromatic nitrogens is 2. The van der Waals surface area contributed by atoms with Crippen molar-refractivity contribution in [3.63, 3.8) is 0 Å². The van der Waals surface area contributed by atoms with Gasteiger partial charge in [0, 0.05) is 19.2 Å². The third-order valence-corrected chi connectivity index (χ3v) is 3.56. The molecular weight excluding hydrogens is 240 g/mol. The molecule has 0 aliphatic carbocycles. The number of rotatable bonds is 4. The summed E-state index contributed by atoms with van der Waals surface area (Å²) in [4.78, 5) is 11.2. The van der Waals surface area contributed by atoms with Crippen LogP contribution in [0, 0.1) is 0 Å². The lowest BCUT2D eigenvalue weighted by atomic mass is 10.0. The van der Waals surface area contributed by atoms with Crippen LogP contribution in [0.1, 0.15) is 32.8 Å². The summed E-state index contributed by atoms with van der Waals surface area (Å²) in [5.74, 6) is 1.99. The van der Waals surface area contributed by atoms with Crippen LogP contribution in [0.4, 0.5) is 11.6 Å². The Balaban J connectivity index is 2.42. The Hall–Kier alpha value is -1.36. The average Bonchev–Trinajstić information content (AvgIpc) is 2.39. The van der Waals surface area contributed by atoms with Gasteiger partial charge in [0.2, 0.25) is 0 Å². The Bertz CT molecular complexity index is 433. The summed E-state index contributed by atoms with van der Waals surface area (Å²) in [6.45, 7) is 8.95. The molecule has 0 bridgehead atoms. The van der Waals surface area contributed by atoms with Crippen LogP contribution in [-0.4, -0.2) is 42.3 Å². The van der Waals surface area contributed by atoms with Crippen molar-refractivity contribution in [2.45, 2.75) is 39.2 Å². The highest BCUT2D eigenvalue weighted by molar-refractivity contribution is 5.60. The predicted molar refractivity (Wildman–Crippen MR) is 77.8 cm³/mol. The molecule has 19 heavy (non-hydrogen) atoms. The highest BCUT2D eigenvalue weighted by atomic mass is 16.5. The molecule has 1 aliphatic heterocycles. The van der Waals surface area contributed by atoms with Crippen molar-refractivity contribution in [1.29, 1.82) is 0 Å². The first kappa shape index (κ1) is 14.1. The smallest absolute Gasteiger partial charge is 0.137 e. The zero-order valence-corrected chi connectivity index (χ0v) is 12.4. The minimum atomic E-state index is -0.0277. The summed E-state index contributed by atoms with van der Waals surface area (Å²) in [6, 6.07) is 0. The van der Waals surface area contributed by atoms with Crippen molar-refractivity contribution in [3.8, 4) is 0 Å². The molecule has 0 spiro atoms. The number of hydrogen-bond acceptors (Lipinski definition) is 5. The van der Waals surface area contributed by atoms with Gasteiger partial charge in [-0.2, -0.15) is 0 Å². The molecule has 0 atom stereocenters. The molecule has 1 aliphatic rings. The number of ether oxygens (including phenoxy) is 1. The van der Waals surface area contributed by atoms with Crippen molar-refractivity contribution >= 4 is 11.6 Å². The minimum absolute atomic E-state index is 0.0277. The fourth-order valence-electron chi connectivity index (χ4n) is 2.58. The van der Waals surface area contributed by atoms with Crippen molar-refractivity contribution in [2.24, 2.45) is 0 Å². The van der Waals surface area contributed by atoms with E-state index in [2.05, 4.69) is 41.0 Å². The monoisotopic (exact) mass is 264 g/mol. The maximum Gasteiger partial charge on any atom is 0.137 e. The van der Waals surface area contributed by atoms with E-state index in [-0.39, 0.29) is 5.54 Å². The zero-order valence-electron chi connectivity index (χ0n) is 12.4. The van der Waals surface area contributed by atoms with E-state index in [1.807, 2.05) is 7.05 Å². The van der Waals surface area contributed by atoms with Gasteiger partial charge in [-0.3, -0.25) is 0 Å². The van der Waals surface area contributed by atoms with Gasteiger partial charge >= 0.3 is 0 Å². The van der Waals surface area contributed by atoms with Crippen molar-refractivity contribution in [3.05, 3.63) is 11.9 Å². The molecule has 1 fully saturated rings. The Morgan fingerprint density at radius 3 is 2.84 bits per heavy atom. The van der Waals surface area contributed by atoms with Crippen LogP contribution >= 0.6 is 0 Å². The fraction of sp³-hybridized carbons (Fsp3) is 0.714. The normalized spacial score (nSPS) is 18.4. The van der Waals surface area contributed by atoms with E-state index in [4.69, 9.17) is 4.74 Å². The van der Waals surface area contributed by atoms with Crippen LogP contribution in [-0.2, 0) is 11.2 Å². The van der Waals surface area contributed by atoms with Gasteiger partial charge in [-0.05, 0) is 20.3 Å². The molecule has 5 nitrogen and oxygen atoms in total. The molecule has 0 saturated carbocycles. The first-order chi connectivity index (χ1) is 9.10. The molecule has 5 heteroatoms. The lowest BCUT2D eigenvalue weighted by Gasteiger charge is -2.43. The van der Waals surface area contributed by atoms with Gasteiger partial charge in [0.25, 0.3) is 0 Å². The van der Waals surface area contributed by atoms with Crippen molar-refractivity contribution in [1.82, 2.24) is 9.97 Å². The summed E-state index contributed by atoms with van der Waals surface area (Å²) in [5, 5.41) is 3.18. The van der Waals surface area contributed by atoms with Gasteiger partial charge in [-0.15, -0.1) is 0 Å². The first-order valence-corrected chi connectivity index (χ1v) is 6.97. The van der Waals surface area contributed by atoms with Gasteiger partial charge in [0.05, 0.1) is 18.8 Å². The number of nitrogens with one attached hydrogen (secondary N) is 1. The van der Waals surface area contributed by atoms with Crippen LogP contribution in [0.5, 0.6) is 0 Å². The third kappa shape index (κ3) is 2.81. The number of anilines is 2. The maximum absolute atomic E-state index is 5.59. The maximum atomic E-state index is 5.59. The summed E-state index contributed by atoms with van der Waals surface area (Å²) in [7, 11) is 1.91. The molecule has 106 valence electrons. The predicted octanol–water partition coefficient (Wildman–Crippen LogP) is 2.09. The Morgan fingerprint density at radius 2 is 2.21 bits per heavy atom. The van der Waals surface area contributed by atoms with Crippen LogP contribution < -0.4 is 10.2 Å². The Morgan fingerprint density at radius 1 is 1.42 bits per heavy atom. The lowest BCUT2D eigenvalue weighted by Crippen LogP contribution is -2.53. The molecule has 2 heterocycles. The second kappa shape index (κ2) is 5.74. The first-order valence-electron chi connectivity index (χ1n) is 6.97. The summed E-state index contributed by atoms with van der Waals surface area (Å²) in [5.41, 5.74) is 1.18. The molecule has 0 unspecified atom stereocenters. The van der Waals surface area contributed by atoms with Gasteiger partial charge < -0.3 is 15.0 Å².